The van der Waals surface area contributed by atoms with Crippen molar-refractivity contribution in [2.45, 2.75) is 20.0 Å². The maximum atomic E-state index is 10.7. The van der Waals surface area contributed by atoms with Gasteiger partial charge in [0.1, 0.15) is 11.9 Å². The minimum atomic E-state index is -0.777. The van der Waals surface area contributed by atoms with Crippen molar-refractivity contribution in [3.8, 4) is 5.75 Å². The molecule has 2 aromatic rings. The highest BCUT2D eigenvalue weighted by Gasteiger charge is 2.20. The number of hydrogen-bond donors (Lipinski definition) is 1. The van der Waals surface area contributed by atoms with Crippen LogP contribution in [-0.4, -0.2) is 12.2 Å². The summed E-state index contributed by atoms with van der Waals surface area (Å²) in [7, 11) is 1.58. The lowest BCUT2D eigenvalue weighted by Gasteiger charge is -2.19. The molecule has 20 heavy (non-hydrogen) atoms. The van der Waals surface area contributed by atoms with Crippen LogP contribution in [0.3, 0.4) is 0 Å². The summed E-state index contributed by atoms with van der Waals surface area (Å²) in [5, 5.41) is 11.2. The van der Waals surface area contributed by atoms with Gasteiger partial charge < -0.3 is 9.84 Å². The zero-order valence-corrected chi connectivity index (χ0v) is 13.9. The predicted octanol–water partition coefficient (Wildman–Crippen LogP) is 4.81. The molecular formula is C16H16BrClO2. The number of aliphatic hydroxyl groups excluding tert-OH is 1. The number of aryl methyl sites for hydroxylation is 2. The molecule has 0 saturated heterocycles. The minimum absolute atomic E-state index is 0.552. The molecule has 2 nitrogen and oxygen atoms in total. The Kier molecular flexibility index (Phi) is 4.74. The van der Waals surface area contributed by atoms with Crippen molar-refractivity contribution < 1.29 is 9.84 Å². The van der Waals surface area contributed by atoms with Crippen molar-refractivity contribution in [3.63, 3.8) is 0 Å². The quantitative estimate of drug-likeness (QED) is 0.856. The Hall–Kier alpha value is -1.03. The lowest BCUT2D eigenvalue weighted by Crippen LogP contribution is -2.05. The summed E-state index contributed by atoms with van der Waals surface area (Å²) in [6, 6.07) is 9.44. The van der Waals surface area contributed by atoms with Crippen LogP contribution in [-0.2, 0) is 0 Å². The van der Waals surface area contributed by atoms with Crippen molar-refractivity contribution in [1.82, 2.24) is 0 Å². The second kappa shape index (κ2) is 6.17. The van der Waals surface area contributed by atoms with Crippen molar-refractivity contribution in [2.75, 3.05) is 7.11 Å². The fourth-order valence-corrected chi connectivity index (χ4v) is 3.29. The zero-order valence-electron chi connectivity index (χ0n) is 11.6. The minimum Gasteiger partial charge on any atom is -0.495 e. The van der Waals surface area contributed by atoms with E-state index in [0.717, 1.165) is 21.2 Å². The van der Waals surface area contributed by atoms with Gasteiger partial charge in [0, 0.05) is 10.6 Å². The average Bonchev–Trinajstić information content (AvgIpc) is 2.37. The lowest BCUT2D eigenvalue weighted by molar-refractivity contribution is 0.214. The molecule has 0 radical (unpaired) electrons. The van der Waals surface area contributed by atoms with Crippen LogP contribution >= 0.6 is 27.5 Å². The van der Waals surface area contributed by atoms with Crippen LogP contribution in [0.25, 0.3) is 0 Å². The van der Waals surface area contributed by atoms with Crippen LogP contribution in [0.15, 0.2) is 34.8 Å². The fraction of sp³-hybridized carbons (Fsp3) is 0.250. The first-order chi connectivity index (χ1) is 9.43. The van der Waals surface area contributed by atoms with Gasteiger partial charge in [-0.05, 0) is 53.0 Å². The largest absolute Gasteiger partial charge is 0.495 e. The molecular weight excluding hydrogens is 340 g/mol. The Labute approximate surface area is 132 Å². The van der Waals surface area contributed by atoms with Crippen molar-refractivity contribution in [2.24, 2.45) is 0 Å². The highest BCUT2D eigenvalue weighted by Crippen LogP contribution is 2.38. The molecule has 0 aliphatic carbocycles. The summed E-state index contributed by atoms with van der Waals surface area (Å²) < 4.78 is 6.10. The van der Waals surface area contributed by atoms with E-state index >= 15 is 0 Å². The molecule has 0 amide bonds. The number of methoxy groups -OCH3 is 1. The van der Waals surface area contributed by atoms with E-state index in [9.17, 15) is 5.11 Å². The monoisotopic (exact) mass is 354 g/mol. The smallest absolute Gasteiger partial charge is 0.139 e. The summed E-state index contributed by atoms with van der Waals surface area (Å²) in [5.74, 6) is 0.599. The topological polar surface area (TPSA) is 29.5 Å². The van der Waals surface area contributed by atoms with Gasteiger partial charge in [-0.15, -0.1) is 0 Å². The van der Waals surface area contributed by atoms with E-state index in [0.29, 0.717) is 16.3 Å². The van der Waals surface area contributed by atoms with Crippen molar-refractivity contribution in [1.29, 1.82) is 0 Å². The molecule has 1 atom stereocenters. The van der Waals surface area contributed by atoms with Crippen molar-refractivity contribution in [3.05, 3.63) is 62.1 Å². The molecule has 0 fully saturated rings. The highest BCUT2D eigenvalue weighted by molar-refractivity contribution is 9.10. The van der Waals surface area contributed by atoms with Crippen LogP contribution in [0.4, 0.5) is 0 Å². The van der Waals surface area contributed by atoms with Crippen LogP contribution in [0.2, 0.25) is 5.02 Å². The molecule has 0 bridgehead atoms. The van der Waals surface area contributed by atoms with Crippen LogP contribution < -0.4 is 4.74 Å². The van der Waals surface area contributed by atoms with E-state index in [1.165, 1.54) is 0 Å². The number of aliphatic hydroxyl groups is 1. The van der Waals surface area contributed by atoms with Gasteiger partial charge in [-0.25, -0.2) is 0 Å². The third-order valence-corrected chi connectivity index (χ3v) is 4.06. The third kappa shape index (κ3) is 3.00. The van der Waals surface area contributed by atoms with E-state index in [1.807, 2.05) is 32.0 Å². The normalized spacial score (nSPS) is 12.3. The molecule has 4 heteroatoms. The summed E-state index contributed by atoms with van der Waals surface area (Å²) >= 11 is 9.49. The Bertz CT molecular complexity index is 641. The number of rotatable bonds is 3. The molecule has 1 unspecified atom stereocenters. The van der Waals surface area contributed by atoms with Gasteiger partial charge in [-0.2, -0.15) is 0 Å². The molecule has 0 saturated carbocycles. The van der Waals surface area contributed by atoms with Gasteiger partial charge in [0.2, 0.25) is 0 Å². The van der Waals surface area contributed by atoms with E-state index in [-0.39, 0.29) is 0 Å². The molecule has 106 valence electrons. The van der Waals surface area contributed by atoms with Gasteiger partial charge in [0.25, 0.3) is 0 Å². The first-order valence-electron chi connectivity index (χ1n) is 6.22. The number of halogens is 2. The first kappa shape index (κ1) is 15.4. The molecule has 0 aromatic heterocycles. The van der Waals surface area contributed by atoms with Gasteiger partial charge in [0.15, 0.2) is 0 Å². The van der Waals surface area contributed by atoms with Crippen molar-refractivity contribution >= 4 is 27.5 Å². The molecule has 0 aliphatic rings. The maximum Gasteiger partial charge on any atom is 0.139 e. The van der Waals surface area contributed by atoms with E-state index in [4.69, 9.17) is 16.3 Å². The van der Waals surface area contributed by atoms with Gasteiger partial charge >= 0.3 is 0 Å². The second-order valence-electron chi connectivity index (χ2n) is 4.77. The Morgan fingerprint density at radius 2 is 1.85 bits per heavy atom. The second-order valence-corrected chi connectivity index (χ2v) is 6.06. The molecule has 0 spiro atoms. The molecule has 0 heterocycles. The van der Waals surface area contributed by atoms with Crippen LogP contribution in [0.1, 0.15) is 28.4 Å². The molecule has 2 aromatic carbocycles. The number of benzene rings is 2. The SMILES string of the molecule is COc1c(Br)cc(Cl)cc1C(O)c1ccc(C)cc1C. The number of hydrogen-bond acceptors (Lipinski definition) is 2. The fourth-order valence-electron chi connectivity index (χ4n) is 2.30. The Balaban J connectivity index is 2.55. The number of ether oxygens (including phenoxy) is 1. The third-order valence-electron chi connectivity index (χ3n) is 3.26. The molecule has 0 aliphatic heterocycles. The zero-order chi connectivity index (χ0) is 14.9. The predicted molar refractivity (Wildman–Crippen MR) is 85.7 cm³/mol. The Morgan fingerprint density at radius 1 is 1.15 bits per heavy atom. The average molecular weight is 356 g/mol. The first-order valence-corrected chi connectivity index (χ1v) is 7.39. The summed E-state index contributed by atoms with van der Waals surface area (Å²) in [6.07, 6.45) is -0.777. The summed E-state index contributed by atoms with van der Waals surface area (Å²) in [6.45, 7) is 4.01. The molecule has 1 N–H and O–H groups in total. The van der Waals surface area contributed by atoms with Crippen LogP contribution in [0, 0.1) is 13.8 Å². The highest BCUT2D eigenvalue weighted by atomic mass is 79.9. The van der Waals surface area contributed by atoms with Gasteiger partial charge in [-0.1, -0.05) is 35.4 Å². The molecule has 2 rings (SSSR count). The summed E-state index contributed by atoms with van der Waals surface area (Å²) in [4.78, 5) is 0. The van der Waals surface area contributed by atoms with Crippen LogP contribution in [0.5, 0.6) is 5.75 Å². The standard InChI is InChI=1S/C16H16BrClO2/c1-9-4-5-12(10(2)6-9)15(19)13-7-11(18)8-14(17)16(13)20-3/h4-8,15,19H,1-3H3. The van der Waals surface area contributed by atoms with E-state index in [2.05, 4.69) is 15.9 Å². The lowest BCUT2D eigenvalue weighted by atomic mass is 9.95. The van der Waals surface area contributed by atoms with Gasteiger partial charge in [0.05, 0.1) is 11.6 Å². The summed E-state index contributed by atoms with van der Waals surface area (Å²) in [5.41, 5.74) is 3.70. The van der Waals surface area contributed by atoms with E-state index < -0.39 is 6.10 Å². The van der Waals surface area contributed by atoms with Gasteiger partial charge in [-0.3, -0.25) is 0 Å². The Morgan fingerprint density at radius 3 is 2.45 bits per heavy atom. The maximum absolute atomic E-state index is 10.7. The van der Waals surface area contributed by atoms with E-state index in [1.54, 1.807) is 19.2 Å².